The summed E-state index contributed by atoms with van der Waals surface area (Å²) in [5.74, 6) is -0.504. The topological polar surface area (TPSA) is 111 Å². The Kier molecular flexibility index (Phi) is 7.58. The second-order valence-electron chi connectivity index (χ2n) is 6.00. The third kappa shape index (κ3) is 6.30. The van der Waals surface area contributed by atoms with Gasteiger partial charge >= 0.3 is 5.97 Å². The fraction of sp³-hybridized carbons (Fsp3) is 0.438. The maximum Gasteiger partial charge on any atom is 0.307 e. The number of aryl methyl sites for hydroxylation is 2. The van der Waals surface area contributed by atoms with Crippen LogP contribution >= 0.6 is 22.9 Å². The first-order chi connectivity index (χ1) is 13.1. The van der Waals surface area contributed by atoms with Crippen LogP contribution in [0.4, 0.5) is 0 Å². The Balaban J connectivity index is 1.72. The van der Waals surface area contributed by atoms with Crippen molar-refractivity contribution in [2.75, 3.05) is 20.2 Å². The van der Waals surface area contributed by atoms with Crippen LogP contribution in [0.1, 0.15) is 17.1 Å². The van der Waals surface area contributed by atoms with Gasteiger partial charge in [0.2, 0.25) is 0 Å². The molecule has 154 valence electrons. The van der Waals surface area contributed by atoms with Crippen LogP contribution in [0, 0.1) is 6.92 Å². The molecule has 0 aliphatic rings. The summed E-state index contributed by atoms with van der Waals surface area (Å²) in [7, 11) is -0.539. The molecular weight excluding hydrogens is 428 g/mol. The van der Waals surface area contributed by atoms with Crippen molar-refractivity contribution < 1.29 is 22.7 Å². The predicted molar refractivity (Wildman–Crippen MR) is 105 cm³/mol. The second-order valence-corrected chi connectivity index (χ2v) is 9.51. The zero-order valence-corrected chi connectivity index (χ0v) is 18.0. The predicted octanol–water partition coefficient (Wildman–Crippen LogP) is 1.31. The molecule has 0 saturated carbocycles. The molecule has 0 aliphatic heterocycles. The Hall–Kier alpha value is -1.95. The molecule has 0 unspecified atom stereocenters. The molecule has 0 saturated heterocycles. The summed E-state index contributed by atoms with van der Waals surface area (Å²) in [5.41, 5.74) is 0. The molecule has 2 rings (SSSR count). The number of amides is 1. The largest absolute Gasteiger partial charge is 0.456 e. The summed E-state index contributed by atoms with van der Waals surface area (Å²) in [5, 5.41) is -0.119. The van der Waals surface area contributed by atoms with Crippen molar-refractivity contribution in [2.24, 2.45) is 7.05 Å². The zero-order valence-electron chi connectivity index (χ0n) is 15.6. The quantitative estimate of drug-likeness (QED) is 0.579. The Morgan fingerprint density at radius 3 is 2.68 bits per heavy atom. The Labute approximate surface area is 172 Å². The number of halogens is 1. The highest BCUT2D eigenvalue weighted by molar-refractivity contribution is 7.89. The first-order valence-electron chi connectivity index (χ1n) is 8.22. The monoisotopic (exact) mass is 448 g/mol. The van der Waals surface area contributed by atoms with E-state index in [1.807, 2.05) is 6.07 Å². The number of rotatable bonds is 9. The summed E-state index contributed by atoms with van der Waals surface area (Å²) in [6.45, 7) is 1.46. The van der Waals surface area contributed by atoms with Crippen LogP contribution in [0.5, 0.6) is 0 Å². The minimum Gasteiger partial charge on any atom is -0.456 e. The first-order valence-corrected chi connectivity index (χ1v) is 10.9. The Morgan fingerprint density at radius 1 is 1.39 bits per heavy atom. The summed E-state index contributed by atoms with van der Waals surface area (Å²) < 4.78 is 33.6. The lowest BCUT2D eigenvalue weighted by Gasteiger charge is -2.16. The molecule has 2 heterocycles. The number of esters is 1. The van der Waals surface area contributed by atoms with Gasteiger partial charge in [0.15, 0.2) is 11.6 Å². The van der Waals surface area contributed by atoms with Gasteiger partial charge in [-0.2, -0.15) is 0 Å². The molecule has 12 heteroatoms. The lowest BCUT2D eigenvalue weighted by molar-refractivity contribution is -0.151. The molecule has 28 heavy (non-hydrogen) atoms. The zero-order chi connectivity index (χ0) is 20.9. The second kappa shape index (κ2) is 9.50. The molecule has 0 atom stereocenters. The smallest absolute Gasteiger partial charge is 0.307 e. The van der Waals surface area contributed by atoms with E-state index in [4.69, 9.17) is 16.3 Å². The van der Waals surface area contributed by atoms with Crippen LogP contribution in [-0.2, 0) is 37.9 Å². The first kappa shape index (κ1) is 22.3. The molecule has 1 amide bonds. The van der Waals surface area contributed by atoms with Crippen molar-refractivity contribution in [3.63, 3.8) is 0 Å². The summed E-state index contributed by atoms with van der Waals surface area (Å²) in [4.78, 5) is 30.0. The van der Waals surface area contributed by atoms with E-state index in [-0.39, 0.29) is 23.9 Å². The van der Waals surface area contributed by atoms with Gasteiger partial charge in [0, 0.05) is 31.7 Å². The number of likely N-dealkylation sites (N-methyl/N-ethyl adjacent to an activating group) is 1. The van der Waals surface area contributed by atoms with E-state index >= 15 is 0 Å². The molecule has 0 fully saturated rings. The summed E-state index contributed by atoms with van der Waals surface area (Å²) in [6.07, 6.45) is 1.17. The minimum atomic E-state index is -3.81. The number of ether oxygens (including phenoxy) is 1. The number of thiophene rings is 1. The number of carbonyl (C=O) groups is 2. The van der Waals surface area contributed by atoms with Gasteiger partial charge in [0.1, 0.15) is 5.82 Å². The van der Waals surface area contributed by atoms with Gasteiger partial charge in [-0.15, -0.1) is 11.3 Å². The normalized spacial score (nSPS) is 11.4. The molecule has 0 spiro atoms. The SMILES string of the molecule is Cc1nc(S(=O)(=O)NCCC(=O)OCC(=O)N(C)Cc2ccc(Cl)s2)cn1C. The lowest BCUT2D eigenvalue weighted by Crippen LogP contribution is -2.31. The highest BCUT2D eigenvalue weighted by atomic mass is 35.5. The van der Waals surface area contributed by atoms with Gasteiger partial charge in [-0.1, -0.05) is 11.6 Å². The van der Waals surface area contributed by atoms with E-state index in [2.05, 4.69) is 9.71 Å². The minimum absolute atomic E-state index is 0.119. The third-order valence-corrected chi connectivity index (χ3v) is 6.33. The molecule has 2 aromatic rings. The highest BCUT2D eigenvalue weighted by Gasteiger charge is 2.19. The molecule has 0 radical (unpaired) electrons. The van der Waals surface area contributed by atoms with Gasteiger partial charge in [-0.05, 0) is 19.1 Å². The van der Waals surface area contributed by atoms with E-state index in [0.29, 0.717) is 16.7 Å². The number of aromatic nitrogens is 2. The van der Waals surface area contributed by atoms with E-state index in [9.17, 15) is 18.0 Å². The maximum atomic E-state index is 12.1. The van der Waals surface area contributed by atoms with Crippen molar-refractivity contribution >= 4 is 44.8 Å². The van der Waals surface area contributed by atoms with Crippen LogP contribution in [0.15, 0.2) is 23.4 Å². The van der Waals surface area contributed by atoms with Gasteiger partial charge in [0.25, 0.3) is 15.9 Å². The number of hydrogen-bond donors (Lipinski definition) is 1. The van der Waals surface area contributed by atoms with Crippen molar-refractivity contribution in [1.29, 1.82) is 0 Å². The van der Waals surface area contributed by atoms with Crippen LogP contribution in [0.25, 0.3) is 0 Å². The Bertz CT molecular complexity index is 935. The summed E-state index contributed by atoms with van der Waals surface area (Å²) in [6, 6.07) is 3.56. The van der Waals surface area contributed by atoms with Crippen molar-refractivity contribution in [1.82, 2.24) is 19.2 Å². The van der Waals surface area contributed by atoms with Gasteiger partial charge in [-0.3, -0.25) is 9.59 Å². The van der Waals surface area contributed by atoms with Gasteiger partial charge < -0.3 is 14.2 Å². The molecule has 0 aliphatic carbocycles. The molecular formula is C16H21ClN4O5S2. The number of sulfonamides is 1. The van der Waals surface area contributed by atoms with E-state index < -0.39 is 22.6 Å². The number of nitrogens with one attached hydrogen (secondary N) is 1. The number of hydrogen-bond acceptors (Lipinski definition) is 7. The third-order valence-electron chi connectivity index (χ3n) is 3.79. The number of nitrogens with zero attached hydrogens (tertiary/aromatic N) is 3. The number of carbonyl (C=O) groups excluding carboxylic acids is 2. The average molecular weight is 449 g/mol. The van der Waals surface area contributed by atoms with E-state index in [0.717, 1.165) is 4.88 Å². The average Bonchev–Trinajstić information content (AvgIpc) is 3.18. The van der Waals surface area contributed by atoms with E-state index in [1.54, 1.807) is 31.7 Å². The maximum absolute atomic E-state index is 12.1. The summed E-state index contributed by atoms with van der Waals surface area (Å²) >= 11 is 7.21. The van der Waals surface area contributed by atoms with Crippen LogP contribution in [-0.4, -0.2) is 54.9 Å². The molecule has 2 aromatic heterocycles. The van der Waals surface area contributed by atoms with Crippen molar-refractivity contribution in [3.8, 4) is 0 Å². The van der Waals surface area contributed by atoms with Crippen LogP contribution in [0.2, 0.25) is 4.34 Å². The molecule has 1 N–H and O–H groups in total. The van der Waals surface area contributed by atoms with E-state index in [1.165, 1.54) is 22.4 Å². The lowest BCUT2D eigenvalue weighted by atomic mass is 10.4. The van der Waals surface area contributed by atoms with Crippen molar-refractivity contribution in [2.45, 2.75) is 24.9 Å². The number of imidazole rings is 1. The van der Waals surface area contributed by atoms with Crippen LogP contribution < -0.4 is 4.72 Å². The van der Waals surface area contributed by atoms with Crippen LogP contribution in [0.3, 0.4) is 0 Å². The fourth-order valence-corrected chi connectivity index (χ4v) is 4.31. The molecule has 0 aromatic carbocycles. The molecule has 0 bridgehead atoms. The fourth-order valence-electron chi connectivity index (χ4n) is 2.10. The van der Waals surface area contributed by atoms with Crippen molar-refractivity contribution in [3.05, 3.63) is 33.4 Å². The van der Waals surface area contributed by atoms with Gasteiger partial charge in [0.05, 0.1) is 17.3 Å². The standard InChI is InChI=1S/C16H21ClN4O5S2/c1-11-19-14(9-20(11)2)28(24,25)18-7-6-16(23)26-10-15(22)21(3)8-12-4-5-13(17)27-12/h4-5,9,18H,6-8,10H2,1-3H3. The Morgan fingerprint density at radius 2 is 2.11 bits per heavy atom. The van der Waals surface area contributed by atoms with Gasteiger partial charge in [-0.25, -0.2) is 18.1 Å². The molecule has 9 nitrogen and oxygen atoms in total. The highest BCUT2D eigenvalue weighted by Crippen LogP contribution is 2.22.